The van der Waals surface area contributed by atoms with E-state index in [0.29, 0.717) is 35.3 Å². The van der Waals surface area contributed by atoms with Crippen molar-refractivity contribution < 1.29 is 0 Å². The van der Waals surface area contributed by atoms with Gasteiger partial charge in [-0.3, -0.25) is 0 Å². The van der Waals surface area contributed by atoms with Crippen molar-refractivity contribution >= 4 is 0 Å². The summed E-state index contributed by atoms with van der Waals surface area (Å²) in [4.78, 5) is 27.2. The Morgan fingerprint density at radius 3 is 2.23 bits per heavy atom. The van der Waals surface area contributed by atoms with Gasteiger partial charge in [0.1, 0.15) is 0 Å². The van der Waals surface area contributed by atoms with Gasteiger partial charge >= 0.3 is 11.4 Å². The molecule has 8 aliphatic rings. The Morgan fingerprint density at radius 2 is 1.65 bits per heavy atom. The van der Waals surface area contributed by atoms with E-state index in [1.807, 2.05) is 9.36 Å². The summed E-state index contributed by atoms with van der Waals surface area (Å²) in [6.07, 6.45) is 3.41. The maximum absolute atomic E-state index is 13.6. The van der Waals surface area contributed by atoms with E-state index in [4.69, 9.17) is 0 Å². The highest BCUT2D eigenvalue weighted by molar-refractivity contribution is 5.42. The Morgan fingerprint density at radius 1 is 0.923 bits per heavy atom. The van der Waals surface area contributed by atoms with Crippen molar-refractivity contribution in [3.63, 3.8) is 0 Å². The van der Waals surface area contributed by atoms with Crippen LogP contribution in [-0.2, 0) is 0 Å². The molecule has 6 saturated carbocycles. The molecule has 138 valence electrons. The third-order valence-electron chi connectivity index (χ3n) is 11.7. The maximum Gasteiger partial charge on any atom is 0.347 e. The maximum atomic E-state index is 13.6. The molecule has 2 aliphatic heterocycles. The average Bonchev–Trinajstić information content (AvgIpc) is 3.26. The van der Waals surface area contributed by atoms with Crippen LogP contribution in [0.4, 0.5) is 0 Å². The van der Waals surface area contributed by atoms with Crippen LogP contribution in [0.5, 0.6) is 0 Å². The highest BCUT2D eigenvalue weighted by atomic mass is 16.2. The van der Waals surface area contributed by atoms with Crippen molar-refractivity contribution in [2.45, 2.75) is 65.1 Å². The number of aromatic nitrogens is 3. The van der Waals surface area contributed by atoms with Crippen molar-refractivity contribution in [3.8, 4) is 0 Å². The second kappa shape index (κ2) is 3.22. The minimum absolute atomic E-state index is 0.0240. The van der Waals surface area contributed by atoms with E-state index in [2.05, 4.69) is 27.7 Å². The highest BCUT2D eigenvalue weighted by Crippen LogP contribution is 2.96. The first-order valence-corrected chi connectivity index (χ1v) is 10.7. The van der Waals surface area contributed by atoms with Gasteiger partial charge in [0.15, 0.2) is 0 Å². The topological polar surface area (TPSA) is 48.9 Å². The zero-order valence-electron chi connectivity index (χ0n) is 16.0. The van der Waals surface area contributed by atoms with Crippen LogP contribution in [0.25, 0.3) is 0 Å². The molecular formula is C21H27N3O2. The van der Waals surface area contributed by atoms with Gasteiger partial charge in [-0.05, 0) is 71.0 Å². The normalized spacial score (nSPS) is 62.7. The predicted octanol–water partition coefficient (Wildman–Crippen LogP) is 2.44. The molecule has 0 amide bonds. The molecule has 6 aliphatic carbocycles. The van der Waals surface area contributed by atoms with Crippen molar-refractivity contribution in [2.24, 2.45) is 51.8 Å². The number of hydrogen-bond acceptors (Lipinski definition) is 2. The van der Waals surface area contributed by atoms with E-state index in [9.17, 15) is 9.59 Å². The van der Waals surface area contributed by atoms with E-state index in [1.54, 1.807) is 4.57 Å². The minimum Gasteiger partial charge on any atom is -0.246 e. The molecule has 0 saturated heterocycles. The zero-order chi connectivity index (χ0) is 17.7. The third kappa shape index (κ3) is 0.926. The summed E-state index contributed by atoms with van der Waals surface area (Å²) >= 11 is 0. The first-order chi connectivity index (χ1) is 12.3. The monoisotopic (exact) mass is 353 g/mol. The quantitative estimate of drug-likeness (QED) is 0.779. The van der Waals surface area contributed by atoms with Crippen LogP contribution in [0.2, 0.25) is 0 Å². The molecule has 1 aromatic heterocycles. The molecule has 9 rings (SSSR count). The van der Waals surface area contributed by atoms with E-state index in [1.165, 1.54) is 6.42 Å². The van der Waals surface area contributed by atoms with Crippen molar-refractivity contribution in [2.75, 3.05) is 0 Å². The van der Waals surface area contributed by atoms with E-state index in [-0.39, 0.29) is 28.3 Å². The highest BCUT2D eigenvalue weighted by Gasteiger charge is 2.95. The van der Waals surface area contributed by atoms with Crippen LogP contribution in [-0.4, -0.2) is 13.9 Å². The van der Waals surface area contributed by atoms with E-state index < -0.39 is 0 Å². The molecule has 1 aromatic rings. The van der Waals surface area contributed by atoms with Gasteiger partial charge in [0, 0.05) is 6.04 Å². The third-order valence-corrected chi connectivity index (χ3v) is 11.7. The van der Waals surface area contributed by atoms with Gasteiger partial charge in [-0.15, -0.1) is 0 Å². The Balaban J connectivity index is 1.38. The SMILES string of the molecule is CC1(C)[C@@H]2CC[C@]1(C)[C@@H](n1c(=O)n3n(c1=O)[C@@H]1[C@H]4[C@H]5[C@H]4[C@@H]4[C@@H]([C@@H]53)[C@@]41C)C2. The van der Waals surface area contributed by atoms with E-state index >= 15 is 0 Å². The van der Waals surface area contributed by atoms with Crippen molar-refractivity contribution in [1.29, 1.82) is 0 Å². The summed E-state index contributed by atoms with van der Waals surface area (Å²) in [7, 11) is 0. The van der Waals surface area contributed by atoms with E-state index in [0.717, 1.165) is 30.6 Å². The summed E-state index contributed by atoms with van der Waals surface area (Å²) in [5.41, 5.74) is 0.665. The summed E-state index contributed by atoms with van der Waals surface area (Å²) in [6.45, 7) is 9.47. The van der Waals surface area contributed by atoms with Crippen molar-refractivity contribution in [1.82, 2.24) is 13.9 Å². The van der Waals surface area contributed by atoms with Gasteiger partial charge in [-0.1, -0.05) is 27.7 Å². The summed E-state index contributed by atoms with van der Waals surface area (Å²) in [5.74, 6) is 4.40. The van der Waals surface area contributed by atoms with Crippen LogP contribution in [0.15, 0.2) is 9.59 Å². The fraction of sp³-hybridized carbons (Fsp3) is 0.905. The second-order valence-electron chi connectivity index (χ2n) is 11.8. The molecule has 26 heavy (non-hydrogen) atoms. The molecule has 11 atom stereocenters. The second-order valence-corrected chi connectivity index (χ2v) is 11.8. The minimum atomic E-state index is 0.0240. The smallest absolute Gasteiger partial charge is 0.246 e. The lowest BCUT2D eigenvalue weighted by molar-refractivity contribution is 0.0636. The van der Waals surface area contributed by atoms with Crippen LogP contribution >= 0.6 is 0 Å². The van der Waals surface area contributed by atoms with Gasteiger partial charge < -0.3 is 0 Å². The Hall–Kier alpha value is -1.26. The van der Waals surface area contributed by atoms with Gasteiger partial charge in [0.2, 0.25) is 0 Å². The Labute approximate surface area is 152 Å². The lowest BCUT2D eigenvalue weighted by Gasteiger charge is -2.41. The summed E-state index contributed by atoms with van der Waals surface area (Å²) < 4.78 is 5.67. The Kier molecular flexibility index (Phi) is 1.71. The fourth-order valence-electron chi connectivity index (χ4n) is 10.2. The molecule has 0 N–H and O–H groups in total. The average molecular weight is 353 g/mol. The standard InChI is InChI=1S/C21H27N3O2/c1-19(2)8-5-6-20(19,3)9(7-8)22-17(25)23-15-11-10-12(11)16(24(23)18(22)26)21(4)13(10)14(15)21/h8-16H,5-7H2,1-4H3/t8-,9+,10-,11-,12-,13-,14+,15-,16-,20-,21-/m1/s1. The summed E-state index contributed by atoms with van der Waals surface area (Å²) in [6, 6.07) is 0.748. The lowest BCUT2D eigenvalue weighted by Crippen LogP contribution is -2.48. The lowest BCUT2D eigenvalue weighted by atomic mass is 9.69. The van der Waals surface area contributed by atoms with Crippen LogP contribution in [0.1, 0.15) is 65.1 Å². The zero-order valence-corrected chi connectivity index (χ0v) is 16.0. The molecular weight excluding hydrogens is 326 g/mol. The largest absolute Gasteiger partial charge is 0.347 e. The first-order valence-electron chi connectivity index (χ1n) is 10.7. The number of fused-ring (bicyclic) bond motifs is 2. The fourth-order valence-corrected chi connectivity index (χ4v) is 10.2. The molecule has 0 aromatic carbocycles. The predicted molar refractivity (Wildman–Crippen MR) is 94.8 cm³/mol. The number of hydrogen-bond donors (Lipinski definition) is 0. The molecule has 6 fully saturated rings. The van der Waals surface area contributed by atoms with Gasteiger partial charge in [-0.2, -0.15) is 0 Å². The Bertz CT molecular complexity index is 1060. The van der Waals surface area contributed by atoms with Gasteiger partial charge in [0.25, 0.3) is 0 Å². The number of rotatable bonds is 1. The molecule has 5 heteroatoms. The van der Waals surface area contributed by atoms with Crippen LogP contribution in [0, 0.1) is 51.8 Å². The van der Waals surface area contributed by atoms with Crippen LogP contribution < -0.4 is 11.4 Å². The van der Waals surface area contributed by atoms with Crippen LogP contribution in [0.3, 0.4) is 0 Å². The number of nitrogens with zero attached hydrogens (tertiary/aromatic N) is 3. The van der Waals surface area contributed by atoms with Gasteiger partial charge in [-0.25, -0.2) is 23.5 Å². The van der Waals surface area contributed by atoms with Gasteiger partial charge in [0.05, 0.1) is 12.1 Å². The van der Waals surface area contributed by atoms with Crippen molar-refractivity contribution in [3.05, 3.63) is 21.0 Å². The summed E-state index contributed by atoms with van der Waals surface area (Å²) in [5, 5.41) is 0. The molecule has 5 nitrogen and oxygen atoms in total. The molecule has 0 unspecified atom stereocenters. The molecule has 3 heterocycles. The molecule has 4 bridgehead atoms. The first kappa shape index (κ1) is 13.8. The molecule has 0 radical (unpaired) electrons. The molecule has 0 spiro atoms.